The first kappa shape index (κ1) is 16.5. The molecule has 1 aromatic rings. The number of nitrogens with one attached hydrogen (secondary N) is 1. The van der Waals surface area contributed by atoms with Crippen molar-refractivity contribution in [2.24, 2.45) is 5.92 Å². The lowest BCUT2D eigenvalue weighted by Gasteiger charge is -2.31. The van der Waals surface area contributed by atoms with Crippen LogP contribution in [-0.2, 0) is 10.0 Å². The van der Waals surface area contributed by atoms with Crippen LogP contribution in [0, 0.1) is 19.8 Å². The Balaban J connectivity index is 2.06. The second kappa shape index (κ2) is 6.90. The smallest absolute Gasteiger partial charge is 0.243 e. The van der Waals surface area contributed by atoms with Crippen molar-refractivity contribution < 1.29 is 8.42 Å². The minimum atomic E-state index is -3.33. The number of hydrogen-bond acceptors (Lipinski definition) is 3. The van der Waals surface area contributed by atoms with E-state index < -0.39 is 10.0 Å². The fourth-order valence-corrected chi connectivity index (χ4v) is 4.28. The molecule has 1 heterocycles. The Bertz CT molecular complexity index is 576. The van der Waals surface area contributed by atoms with Gasteiger partial charge in [0.1, 0.15) is 0 Å². The molecule has 1 aromatic carbocycles. The highest BCUT2D eigenvalue weighted by Gasteiger charge is 2.29. The summed E-state index contributed by atoms with van der Waals surface area (Å²) in [4.78, 5) is 0.427. The normalized spacial score (nSPS) is 18.0. The topological polar surface area (TPSA) is 49.4 Å². The molecule has 21 heavy (non-hydrogen) atoms. The van der Waals surface area contributed by atoms with Gasteiger partial charge in [0, 0.05) is 13.1 Å². The zero-order chi connectivity index (χ0) is 15.5. The number of piperidine rings is 1. The molecule has 1 N–H and O–H groups in total. The van der Waals surface area contributed by atoms with Gasteiger partial charge in [0.05, 0.1) is 4.90 Å². The first-order valence-corrected chi connectivity index (χ1v) is 9.17. The molecule has 0 aromatic heterocycles. The summed E-state index contributed by atoms with van der Waals surface area (Å²) in [6, 6.07) is 5.40. The van der Waals surface area contributed by atoms with Crippen molar-refractivity contribution in [3.8, 4) is 0 Å². The van der Waals surface area contributed by atoms with E-state index in [0.717, 1.165) is 37.1 Å². The minimum Gasteiger partial charge on any atom is -0.317 e. The average molecular weight is 310 g/mol. The average Bonchev–Trinajstić information content (AvgIpc) is 2.48. The number of sulfonamides is 1. The summed E-state index contributed by atoms with van der Waals surface area (Å²) in [6.45, 7) is 9.28. The molecule has 0 atom stereocenters. The van der Waals surface area contributed by atoms with Crippen LogP contribution < -0.4 is 5.32 Å². The van der Waals surface area contributed by atoms with E-state index in [0.29, 0.717) is 23.9 Å². The molecule has 1 aliphatic rings. The van der Waals surface area contributed by atoms with Crippen molar-refractivity contribution in [3.05, 3.63) is 29.3 Å². The number of aryl methyl sites for hydroxylation is 2. The van der Waals surface area contributed by atoms with Gasteiger partial charge in [0.15, 0.2) is 0 Å². The first-order valence-electron chi connectivity index (χ1n) is 7.73. The van der Waals surface area contributed by atoms with Crippen LogP contribution >= 0.6 is 0 Å². The van der Waals surface area contributed by atoms with Crippen molar-refractivity contribution in [1.29, 1.82) is 0 Å². The Kier molecular flexibility index (Phi) is 5.41. The molecule has 0 saturated carbocycles. The van der Waals surface area contributed by atoms with Crippen molar-refractivity contribution >= 4 is 10.0 Å². The van der Waals surface area contributed by atoms with E-state index in [2.05, 4.69) is 12.2 Å². The SMILES string of the molecule is CCNCC1CCN(S(=O)(=O)c2ccc(C)c(C)c2)CC1. The molecule has 0 amide bonds. The lowest BCUT2D eigenvalue weighted by atomic mass is 9.98. The zero-order valence-corrected chi connectivity index (χ0v) is 14.0. The molecule has 0 unspecified atom stereocenters. The van der Waals surface area contributed by atoms with E-state index in [1.807, 2.05) is 19.9 Å². The van der Waals surface area contributed by atoms with Gasteiger partial charge in [-0.05, 0) is 69.0 Å². The second-order valence-corrected chi connectivity index (χ2v) is 7.84. The largest absolute Gasteiger partial charge is 0.317 e. The van der Waals surface area contributed by atoms with Crippen LogP contribution in [0.4, 0.5) is 0 Å². The third kappa shape index (κ3) is 3.84. The van der Waals surface area contributed by atoms with Crippen LogP contribution in [0.25, 0.3) is 0 Å². The van der Waals surface area contributed by atoms with Crippen LogP contribution in [0.1, 0.15) is 30.9 Å². The monoisotopic (exact) mass is 310 g/mol. The molecule has 0 spiro atoms. The van der Waals surface area contributed by atoms with Gasteiger partial charge in [-0.2, -0.15) is 4.31 Å². The summed E-state index contributed by atoms with van der Waals surface area (Å²) in [5.41, 5.74) is 2.15. The van der Waals surface area contributed by atoms with E-state index in [-0.39, 0.29) is 0 Å². The molecule has 0 radical (unpaired) electrons. The molecular formula is C16H26N2O2S. The standard InChI is InChI=1S/C16H26N2O2S/c1-4-17-12-15-7-9-18(10-8-15)21(19,20)16-6-5-13(2)14(3)11-16/h5-6,11,15,17H,4,7-10,12H2,1-3H3. The van der Waals surface area contributed by atoms with Crippen LogP contribution in [0.3, 0.4) is 0 Å². The third-order valence-electron chi connectivity index (χ3n) is 4.37. The number of nitrogens with zero attached hydrogens (tertiary/aromatic N) is 1. The van der Waals surface area contributed by atoms with Gasteiger partial charge in [0.2, 0.25) is 10.0 Å². The van der Waals surface area contributed by atoms with Gasteiger partial charge >= 0.3 is 0 Å². The van der Waals surface area contributed by atoms with Crippen LogP contribution in [0.2, 0.25) is 0 Å². The van der Waals surface area contributed by atoms with E-state index >= 15 is 0 Å². The maximum Gasteiger partial charge on any atom is 0.243 e. The zero-order valence-electron chi connectivity index (χ0n) is 13.2. The summed E-state index contributed by atoms with van der Waals surface area (Å²) in [5, 5.41) is 3.35. The van der Waals surface area contributed by atoms with Crippen molar-refractivity contribution in [2.75, 3.05) is 26.2 Å². The maximum absolute atomic E-state index is 12.7. The minimum absolute atomic E-state index is 0.427. The van der Waals surface area contributed by atoms with E-state index in [1.165, 1.54) is 0 Å². The second-order valence-electron chi connectivity index (χ2n) is 5.90. The maximum atomic E-state index is 12.7. The fourth-order valence-electron chi connectivity index (χ4n) is 2.73. The third-order valence-corrected chi connectivity index (χ3v) is 6.27. The van der Waals surface area contributed by atoms with Crippen molar-refractivity contribution in [1.82, 2.24) is 9.62 Å². The Morgan fingerprint density at radius 1 is 1.19 bits per heavy atom. The molecule has 4 nitrogen and oxygen atoms in total. The molecule has 1 saturated heterocycles. The molecule has 1 aliphatic heterocycles. The quantitative estimate of drug-likeness (QED) is 0.908. The van der Waals surface area contributed by atoms with Gasteiger partial charge in [-0.1, -0.05) is 13.0 Å². The lowest BCUT2D eigenvalue weighted by molar-refractivity contribution is 0.268. The number of benzene rings is 1. The van der Waals surface area contributed by atoms with Crippen LogP contribution in [-0.4, -0.2) is 38.9 Å². The summed E-state index contributed by atoms with van der Waals surface area (Å²) < 4.78 is 27.0. The first-order chi connectivity index (χ1) is 9.95. The summed E-state index contributed by atoms with van der Waals surface area (Å²) in [5.74, 6) is 0.594. The van der Waals surface area contributed by atoms with Gasteiger partial charge in [-0.3, -0.25) is 0 Å². The Hall–Kier alpha value is -0.910. The van der Waals surface area contributed by atoms with Crippen LogP contribution in [0.5, 0.6) is 0 Å². The summed E-state index contributed by atoms with van der Waals surface area (Å²) >= 11 is 0. The molecule has 0 aliphatic carbocycles. The van der Waals surface area contributed by atoms with Gasteiger partial charge in [-0.25, -0.2) is 8.42 Å². The molecule has 2 rings (SSSR count). The molecule has 118 valence electrons. The molecule has 5 heteroatoms. The summed E-state index contributed by atoms with van der Waals surface area (Å²) in [6.07, 6.45) is 1.88. The Morgan fingerprint density at radius 3 is 2.43 bits per heavy atom. The highest BCUT2D eigenvalue weighted by Crippen LogP contribution is 2.24. The number of rotatable bonds is 5. The highest BCUT2D eigenvalue weighted by molar-refractivity contribution is 7.89. The molecule has 0 bridgehead atoms. The molecule has 1 fully saturated rings. The Morgan fingerprint density at radius 2 is 1.86 bits per heavy atom. The lowest BCUT2D eigenvalue weighted by Crippen LogP contribution is -2.40. The summed E-state index contributed by atoms with van der Waals surface area (Å²) in [7, 11) is -3.33. The van der Waals surface area contributed by atoms with Gasteiger partial charge < -0.3 is 5.32 Å². The predicted octanol–water partition coefficient (Wildman–Crippen LogP) is 2.31. The van der Waals surface area contributed by atoms with Gasteiger partial charge in [0.25, 0.3) is 0 Å². The van der Waals surface area contributed by atoms with E-state index in [4.69, 9.17) is 0 Å². The van der Waals surface area contributed by atoms with E-state index in [9.17, 15) is 8.42 Å². The highest BCUT2D eigenvalue weighted by atomic mass is 32.2. The van der Waals surface area contributed by atoms with Crippen LogP contribution in [0.15, 0.2) is 23.1 Å². The van der Waals surface area contributed by atoms with E-state index in [1.54, 1.807) is 16.4 Å². The fraction of sp³-hybridized carbons (Fsp3) is 0.625. The van der Waals surface area contributed by atoms with Crippen molar-refractivity contribution in [3.63, 3.8) is 0 Å². The number of hydrogen-bond donors (Lipinski definition) is 1. The Labute approximate surface area is 128 Å². The van der Waals surface area contributed by atoms with Crippen molar-refractivity contribution in [2.45, 2.75) is 38.5 Å². The van der Waals surface area contributed by atoms with Gasteiger partial charge in [-0.15, -0.1) is 0 Å². The predicted molar refractivity (Wildman–Crippen MR) is 85.9 cm³/mol. The molecular weight excluding hydrogens is 284 g/mol.